The van der Waals surface area contributed by atoms with E-state index < -0.39 is 11.7 Å². The number of ketones is 1. The third kappa shape index (κ3) is 5.40. The molecule has 6 nitrogen and oxygen atoms in total. The van der Waals surface area contributed by atoms with Gasteiger partial charge in [-0.3, -0.25) is 9.59 Å². The van der Waals surface area contributed by atoms with E-state index in [0.717, 1.165) is 44.6 Å². The summed E-state index contributed by atoms with van der Waals surface area (Å²) in [6.45, 7) is 7.61. The lowest BCUT2D eigenvalue weighted by Crippen LogP contribution is -2.39. The fourth-order valence-corrected chi connectivity index (χ4v) is 4.59. The summed E-state index contributed by atoms with van der Waals surface area (Å²) in [6, 6.07) is 20.2. The highest BCUT2D eigenvalue weighted by atomic mass is 16.2. The van der Waals surface area contributed by atoms with Crippen LogP contribution in [0.25, 0.3) is 5.69 Å². The van der Waals surface area contributed by atoms with Crippen LogP contribution < -0.4 is 0 Å². The van der Waals surface area contributed by atoms with Crippen LogP contribution in [-0.2, 0) is 11.2 Å². The highest BCUT2D eigenvalue weighted by Crippen LogP contribution is 2.19. The second kappa shape index (κ2) is 10.6. The van der Waals surface area contributed by atoms with E-state index in [-0.39, 0.29) is 0 Å². The van der Waals surface area contributed by atoms with Gasteiger partial charge in [0.25, 0.3) is 11.7 Å². The molecule has 2 aromatic carbocycles. The maximum atomic E-state index is 13.2. The minimum Gasteiger partial charge on any atom is -0.334 e. The third-order valence-electron chi connectivity index (χ3n) is 6.37. The number of amides is 1. The molecule has 0 unspecified atom stereocenters. The van der Waals surface area contributed by atoms with Crippen molar-refractivity contribution in [2.45, 2.75) is 33.1 Å². The van der Waals surface area contributed by atoms with Crippen molar-refractivity contribution in [2.24, 2.45) is 0 Å². The van der Waals surface area contributed by atoms with Crippen LogP contribution in [0.5, 0.6) is 0 Å². The second-order valence-electron chi connectivity index (χ2n) is 8.70. The molecule has 172 valence electrons. The van der Waals surface area contributed by atoms with Gasteiger partial charge in [0, 0.05) is 19.6 Å². The van der Waals surface area contributed by atoms with Gasteiger partial charge in [0.2, 0.25) is 0 Å². The first-order valence-corrected chi connectivity index (χ1v) is 11.8. The van der Waals surface area contributed by atoms with E-state index in [1.807, 2.05) is 43.3 Å². The normalized spacial score (nSPS) is 14.8. The van der Waals surface area contributed by atoms with Gasteiger partial charge in [-0.25, -0.2) is 4.68 Å². The zero-order chi connectivity index (χ0) is 23.2. The molecule has 3 aromatic rings. The molecule has 0 spiro atoms. The number of aromatic nitrogens is 2. The average molecular weight is 445 g/mol. The monoisotopic (exact) mass is 444 g/mol. The lowest BCUT2D eigenvalue weighted by Gasteiger charge is -2.21. The van der Waals surface area contributed by atoms with Crippen molar-refractivity contribution in [1.82, 2.24) is 19.6 Å². The molecule has 1 aliphatic heterocycles. The number of nitrogens with zero attached hydrogens (tertiary/aromatic N) is 4. The zero-order valence-corrected chi connectivity index (χ0v) is 19.5. The Kier molecular flexibility index (Phi) is 7.35. The van der Waals surface area contributed by atoms with Crippen LogP contribution in [0.15, 0.2) is 60.7 Å². The van der Waals surface area contributed by atoms with Crippen molar-refractivity contribution in [2.75, 3.05) is 32.7 Å². The number of benzene rings is 2. The van der Waals surface area contributed by atoms with Crippen molar-refractivity contribution >= 4 is 11.7 Å². The number of carbonyl (C=O) groups is 2. The molecule has 6 heteroatoms. The van der Waals surface area contributed by atoms with Crippen LogP contribution in [0.2, 0.25) is 0 Å². The minimum atomic E-state index is -0.454. The number of hydrogen-bond acceptors (Lipinski definition) is 4. The van der Waals surface area contributed by atoms with Crippen LogP contribution in [0.3, 0.4) is 0 Å². The molecule has 4 rings (SSSR count). The van der Waals surface area contributed by atoms with Crippen LogP contribution in [0, 0.1) is 13.8 Å². The summed E-state index contributed by atoms with van der Waals surface area (Å²) in [7, 11) is 0. The molecule has 33 heavy (non-hydrogen) atoms. The summed E-state index contributed by atoms with van der Waals surface area (Å²) < 4.78 is 1.74. The van der Waals surface area contributed by atoms with Gasteiger partial charge in [0.1, 0.15) is 0 Å². The fraction of sp³-hybridized carbons (Fsp3) is 0.370. The number of hydrogen-bond donors (Lipinski definition) is 0. The summed E-state index contributed by atoms with van der Waals surface area (Å²) >= 11 is 0. The molecule has 2 heterocycles. The minimum absolute atomic E-state index is 0.417. The molecule has 1 aliphatic rings. The first-order valence-electron chi connectivity index (χ1n) is 11.8. The van der Waals surface area contributed by atoms with Gasteiger partial charge in [-0.2, -0.15) is 5.10 Å². The molecule has 1 fully saturated rings. The van der Waals surface area contributed by atoms with Crippen molar-refractivity contribution in [1.29, 1.82) is 0 Å². The SMILES string of the molecule is Cc1nn(-c2ccccc2)c(C)c1C(=O)C(=O)N1CCCN(CCCc2ccccc2)CC1. The van der Waals surface area contributed by atoms with E-state index in [1.165, 1.54) is 5.56 Å². The van der Waals surface area contributed by atoms with Gasteiger partial charge in [-0.05, 0) is 63.9 Å². The van der Waals surface area contributed by atoms with Crippen LogP contribution in [-0.4, -0.2) is 64.0 Å². The van der Waals surface area contributed by atoms with Gasteiger partial charge in [-0.1, -0.05) is 48.5 Å². The van der Waals surface area contributed by atoms with E-state index in [4.69, 9.17) is 0 Å². The van der Waals surface area contributed by atoms with Crippen molar-refractivity contribution < 1.29 is 9.59 Å². The number of Topliss-reactive ketones (excluding diaryl/α,β-unsaturated/α-hetero) is 1. The standard InChI is InChI=1S/C27H32N4O2/c1-21-25(22(2)31(28-21)24-14-7-4-8-15-24)26(32)27(33)30-18-10-17-29(19-20-30)16-9-13-23-11-5-3-6-12-23/h3-8,11-12,14-15H,9-10,13,16-20H2,1-2H3. The number of rotatable bonds is 7. The maximum absolute atomic E-state index is 13.2. The highest BCUT2D eigenvalue weighted by molar-refractivity contribution is 6.43. The number of aryl methyl sites for hydroxylation is 2. The zero-order valence-electron chi connectivity index (χ0n) is 19.5. The van der Waals surface area contributed by atoms with Crippen molar-refractivity contribution in [3.05, 3.63) is 83.2 Å². The van der Waals surface area contributed by atoms with Crippen molar-refractivity contribution in [3.63, 3.8) is 0 Å². The molecule has 0 aliphatic carbocycles. The van der Waals surface area contributed by atoms with E-state index in [2.05, 4.69) is 34.3 Å². The molecular weight excluding hydrogens is 412 g/mol. The number of carbonyl (C=O) groups excluding carboxylic acids is 2. The van der Waals surface area contributed by atoms with Gasteiger partial charge in [0.15, 0.2) is 0 Å². The molecule has 0 bridgehead atoms. The Morgan fingerprint density at radius 1 is 0.879 bits per heavy atom. The first-order chi connectivity index (χ1) is 16.0. The average Bonchev–Trinajstić information content (AvgIpc) is 2.99. The van der Waals surface area contributed by atoms with Gasteiger partial charge >= 0.3 is 0 Å². The molecule has 0 N–H and O–H groups in total. The molecule has 0 radical (unpaired) electrons. The van der Waals surface area contributed by atoms with Gasteiger partial charge in [0.05, 0.1) is 22.6 Å². The summed E-state index contributed by atoms with van der Waals surface area (Å²) in [4.78, 5) is 30.5. The quantitative estimate of drug-likeness (QED) is 0.410. The Morgan fingerprint density at radius 2 is 1.58 bits per heavy atom. The Balaban J connectivity index is 1.36. The second-order valence-corrected chi connectivity index (χ2v) is 8.70. The smallest absolute Gasteiger partial charge is 0.295 e. The topological polar surface area (TPSA) is 58.4 Å². The molecule has 0 saturated carbocycles. The summed E-state index contributed by atoms with van der Waals surface area (Å²) in [5.41, 5.74) is 3.95. The van der Waals surface area contributed by atoms with E-state index in [9.17, 15) is 9.59 Å². The van der Waals surface area contributed by atoms with Crippen LogP contribution >= 0.6 is 0 Å². The Labute approximate surface area is 195 Å². The maximum Gasteiger partial charge on any atom is 0.295 e. The Morgan fingerprint density at radius 3 is 2.30 bits per heavy atom. The first kappa shape index (κ1) is 22.9. The largest absolute Gasteiger partial charge is 0.334 e. The number of para-hydroxylation sites is 1. The van der Waals surface area contributed by atoms with Crippen molar-refractivity contribution in [3.8, 4) is 5.69 Å². The van der Waals surface area contributed by atoms with E-state index in [1.54, 1.807) is 16.5 Å². The fourth-order valence-electron chi connectivity index (χ4n) is 4.59. The Hall–Kier alpha value is -3.25. The Bertz CT molecular complexity index is 1090. The van der Waals surface area contributed by atoms with Crippen LogP contribution in [0.4, 0.5) is 0 Å². The molecular formula is C27H32N4O2. The summed E-state index contributed by atoms with van der Waals surface area (Å²) in [6.07, 6.45) is 3.03. The summed E-state index contributed by atoms with van der Waals surface area (Å²) in [5.74, 6) is -0.871. The molecule has 1 amide bonds. The van der Waals surface area contributed by atoms with E-state index >= 15 is 0 Å². The predicted octanol–water partition coefficient (Wildman–Crippen LogP) is 3.84. The lowest BCUT2D eigenvalue weighted by atomic mass is 10.1. The van der Waals surface area contributed by atoms with Gasteiger partial charge < -0.3 is 9.80 Å². The molecule has 0 atom stereocenters. The van der Waals surface area contributed by atoms with E-state index in [0.29, 0.717) is 30.0 Å². The van der Waals surface area contributed by atoms with Crippen LogP contribution in [0.1, 0.15) is 40.2 Å². The summed E-state index contributed by atoms with van der Waals surface area (Å²) in [5, 5.41) is 4.54. The lowest BCUT2D eigenvalue weighted by molar-refractivity contribution is -0.126. The molecule has 1 saturated heterocycles. The highest BCUT2D eigenvalue weighted by Gasteiger charge is 2.30. The predicted molar refractivity (Wildman–Crippen MR) is 130 cm³/mol. The molecule has 1 aromatic heterocycles. The third-order valence-corrected chi connectivity index (χ3v) is 6.37. The van der Waals surface area contributed by atoms with Gasteiger partial charge in [-0.15, -0.1) is 0 Å².